The van der Waals surface area contributed by atoms with Gasteiger partial charge in [-0.3, -0.25) is 0 Å². The summed E-state index contributed by atoms with van der Waals surface area (Å²) in [7, 11) is 0. The lowest BCUT2D eigenvalue weighted by atomic mass is 9.94. The molecule has 0 aromatic heterocycles. The summed E-state index contributed by atoms with van der Waals surface area (Å²) in [4.78, 5) is 2.63. The molecule has 1 aliphatic rings. The lowest BCUT2D eigenvalue weighted by Crippen LogP contribution is -2.30. The van der Waals surface area contributed by atoms with Gasteiger partial charge in [0, 0.05) is 0 Å². The fourth-order valence-corrected chi connectivity index (χ4v) is 3.50. The molecule has 4 heteroatoms. The molecule has 1 aliphatic heterocycles. The highest BCUT2D eigenvalue weighted by Crippen LogP contribution is 2.20. The third-order valence-corrected chi connectivity index (χ3v) is 4.84. The molecule has 0 radical (unpaired) electrons. The largest absolute Gasteiger partial charge is 0.494 e. The Morgan fingerprint density at radius 1 is 1.04 bits per heavy atom. The molecule has 0 aliphatic carbocycles. The van der Waals surface area contributed by atoms with Gasteiger partial charge in [0.25, 0.3) is 0 Å². The van der Waals surface area contributed by atoms with Crippen LogP contribution in [-0.4, -0.2) is 31.1 Å². The van der Waals surface area contributed by atoms with E-state index < -0.39 is 0 Å². The van der Waals surface area contributed by atoms with E-state index in [2.05, 4.69) is 11.8 Å². The second-order valence-corrected chi connectivity index (χ2v) is 6.79. The number of hydrogen-bond donors (Lipinski definition) is 0. The predicted molar refractivity (Wildman–Crippen MR) is 102 cm³/mol. The van der Waals surface area contributed by atoms with Crippen LogP contribution in [0.5, 0.6) is 5.75 Å². The minimum atomic E-state index is -0.209. The Morgan fingerprint density at radius 2 is 1.75 bits per heavy atom. The van der Waals surface area contributed by atoms with Gasteiger partial charge in [0.15, 0.2) is 0 Å². The first-order chi connectivity index (χ1) is 11.3. The van der Waals surface area contributed by atoms with Crippen LogP contribution in [0.4, 0.5) is 4.39 Å². The Balaban J connectivity index is 0.00000288. The summed E-state index contributed by atoms with van der Waals surface area (Å²) >= 11 is 0. The van der Waals surface area contributed by atoms with E-state index in [9.17, 15) is 4.39 Å². The molecule has 0 spiro atoms. The molecule has 1 atom stereocenters. The molecule has 1 saturated heterocycles. The van der Waals surface area contributed by atoms with E-state index in [4.69, 9.17) is 4.74 Å². The number of rotatable bonds is 10. The summed E-state index contributed by atoms with van der Waals surface area (Å²) in [5, 5.41) is 0. The lowest BCUT2D eigenvalue weighted by molar-refractivity contribution is 0.211. The normalized spacial score (nSPS) is 16.4. The second kappa shape index (κ2) is 12.5. The molecular formula is C20H33ClFNO. The summed E-state index contributed by atoms with van der Waals surface area (Å²) in [5.74, 6) is 1.32. The molecule has 138 valence electrons. The van der Waals surface area contributed by atoms with Crippen molar-refractivity contribution in [3.05, 3.63) is 30.1 Å². The number of likely N-dealkylation sites (tertiary alicyclic amines) is 1. The number of hydrogen-bond acceptors (Lipinski definition) is 2. The van der Waals surface area contributed by atoms with Crippen LogP contribution in [-0.2, 0) is 0 Å². The molecule has 0 saturated carbocycles. The van der Waals surface area contributed by atoms with Gasteiger partial charge < -0.3 is 9.64 Å². The molecule has 1 fully saturated rings. The zero-order chi connectivity index (χ0) is 16.3. The Kier molecular flexibility index (Phi) is 11.1. The maximum absolute atomic E-state index is 12.9. The van der Waals surface area contributed by atoms with Crippen molar-refractivity contribution in [3.63, 3.8) is 0 Å². The summed E-state index contributed by atoms with van der Waals surface area (Å²) in [5.41, 5.74) is 0. The van der Waals surface area contributed by atoms with Gasteiger partial charge in [-0.25, -0.2) is 4.39 Å². The molecular weight excluding hydrogens is 325 g/mol. The van der Waals surface area contributed by atoms with Crippen molar-refractivity contribution >= 4 is 12.4 Å². The Morgan fingerprint density at radius 3 is 2.42 bits per heavy atom. The molecule has 1 aromatic carbocycles. The number of benzene rings is 1. The van der Waals surface area contributed by atoms with E-state index in [0.29, 0.717) is 0 Å². The fraction of sp³-hybridized carbons (Fsp3) is 0.700. The van der Waals surface area contributed by atoms with Gasteiger partial charge in [0.1, 0.15) is 11.6 Å². The van der Waals surface area contributed by atoms with Crippen LogP contribution in [0.1, 0.15) is 58.3 Å². The zero-order valence-corrected chi connectivity index (χ0v) is 15.8. The molecule has 0 amide bonds. The Labute approximate surface area is 153 Å². The van der Waals surface area contributed by atoms with Gasteiger partial charge >= 0.3 is 0 Å². The topological polar surface area (TPSA) is 12.5 Å². The van der Waals surface area contributed by atoms with Gasteiger partial charge in [0.05, 0.1) is 6.61 Å². The number of nitrogens with zero attached hydrogens (tertiary/aromatic N) is 1. The summed E-state index contributed by atoms with van der Waals surface area (Å²) in [6.07, 6.45) is 10.4. The van der Waals surface area contributed by atoms with E-state index in [1.807, 2.05) is 0 Å². The number of piperidine rings is 1. The van der Waals surface area contributed by atoms with Gasteiger partial charge in [-0.05, 0) is 81.9 Å². The Bertz CT molecular complexity index is 420. The third kappa shape index (κ3) is 8.34. The lowest BCUT2D eigenvalue weighted by Gasteiger charge is -2.27. The maximum atomic E-state index is 12.9. The van der Waals surface area contributed by atoms with Crippen LogP contribution in [0.3, 0.4) is 0 Å². The minimum Gasteiger partial charge on any atom is -0.494 e. The second-order valence-electron chi connectivity index (χ2n) is 6.79. The minimum absolute atomic E-state index is 0. The smallest absolute Gasteiger partial charge is 0.123 e. The SMILES string of the molecule is CCCC(CCCN1CCCCC1)CCOc1ccc(F)cc1.Cl. The first-order valence-corrected chi connectivity index (χ1v) is 9.38. The van der Waals surface area contributed by atoms with Crippen molar-refractivity contribution in [1.29, 1.82) is 0 Å². The van der Waals surface area contributed by atoms with E-state index in [0.717, 1.165) is 24.7 Å². The summed E-state index contributed by atoms with van der Waals surface area (Å²) in [6, 6.07) is 6.33. The highest BCUT2D eigenvalue weighted by molar-refractivity contribution is 5.85. The first-order valence-electron chi connectivity index (χ1n) is 9.38. The van der Waals surface area contributed by atoms with Crippen LogP contribution in [0.25, 0.3) is 0 Å². The van der Waals surface area contributed by atoms with Crippen molar-refractivity contribution in [2.75, 3.05) is 26.2 Å². The van der Waals surface area contributed by atoms with Gasteiger partial charge in [-0.15, -0.1) is 12.4 Å². The van der Waals surface area contributed by atoms with E-state index in [1.165, 1.54) is 76.7 Å². The Hall–Kier alpha value is -0.800. The van der Waals surface area contributed by atoms with Crippen molar-refractivity contribution in [1.82, 2.24) is 4.90 Å². The van der Waals surface area contributed by atoms with Crippen molar-refractivity contribution in [3.8, 4) is 5.75 Å². The molecule has 2 rings (SSSR count). The zero-order valence-electron chi connectivity index (χ0n) is 15.0. The van der Waals surface area contributed by atoms with Crippen LogP contribution >= 0.6 is 12.4 Å². The van der Waals surface area contributed by atoms with E-state index in [1.54, 1.807) is 12.1 Å². The quantitative estimate of drug-likeness (QED) is 0.532. The molecule has 1 heterocycles. The monoisotopic (exact) mass is 357 g/mol. The summed E-state index contributed by atoms with van der Waals surface area (Å²) < 4.78 is 18.6. The van der Waals surface area contributed by atoms with E-state index in [-0.39, 0.29) is 18.2 Å². The summed E-state index contributed by atoms with van der Waals surface area (Å²) in [6.45, 7) is 6.86. The van der Waals surface area contributed by atoms with Crippen LogP contribution in [0.2, 0.25) is 0 Å². The number of ether oxygens (including phenoxy) is 1. The average Bonchev–Trinajstić information content (AvgIpc) is 2.58. The molecule has 24 heavy (non-hydrogen) atoms. The molecule has 0 N–H and O–H groups in total. The highest BCUT2D eigenvalue weighted by atomic mass is 35.5. The number of halogens is 2. The average molecular weight is 358 g/mol. The molecule has 0 bridgehead atoms. The molecule has 1 unspecified atom stereocenters. The van der Waals surface area contributed by atoms with Crippen LogP contribution < -0.4 is 4.74 Å². The van der Waals surface area contributed by atoms with Crippen LogP contribution in [0.15, 0.2) is 24.3 Å². The van der Waals surface area contributed by atoms with Gasteiger partial charge in [0.2, 0.25) is 0 Å². The van der Waals surface area contributed by atoms with Crippen molar-refractivity contribution in [2.24, 2.45) is 5.92 Å². The predicted octanol–water partition coefficient (Wildman–Crippen LogP) is 5.70. The fourth-order valence-electron chi connectivity index (χ4n) is 3.50. The van der Waals surface area contributed by atoms with Crippen LogP contribution in [0, 0.1) is 11.7 Å². The van der Waals surface area contributed by atoms with Gasteiger partial charge in [-0.1, -0.05) is 26.2 Å². The molecule has 2 nitrogen and oxygen atoms in total. The third-order valence-electron chi connectivity index (χ3n) is 4.84. The highest BCUT2D eigenvalue weighted by Gasteiger charge is 2.12. The van der Waals surface area contributed by atoms with Gasteiger partial charge in [-0.2, -0.15) is 0 Å². The van der Waals surface area contributed by atoms with E-state index >= 15 is 0 Å². The maximum Gasteiger partial charge on any atom is 0.123 e. The standard InChI is InChI=1S/C20H32FNO.ClH/c1-2-7-18(8-6-16-22-14-4-3-5-15-22)13-17-23-20-11-9-19(21)10-12-20;/h9-12,18H,2-8,13-17H2,1H3;1H. The van der Waals surface area contributed by atoms with Crippen molar-refractivity contribution in [2.45, 2.75) is 58.3 Å². The van der Waals surface area contributed by atoms with Crippen molar-refractivity contribution < 1.29 is 9.13 Å². The first kappa shape index (κ1) is 21.2. The molecule has 1 aromatic rings.